The Hall–Kier alpha value is -0.610. The van der Waals surface area contributed by atoms with Crippen LogP contribution in [0.15, 0.2) is 16.7 Å². The second kappa shape index (κ2) is 4.49. The van der Waals surface area contributed by atoms with Crippen LogP contribution in [-0.2, 0) is 0 Å². The molecule has 3 nitrogen and oxygen atoms in total. The number of nitrogens with zero attached hydrogens (tertiary/aromatic N) is 2. The number of aromatic nitrogens is 1. The van der Waals surface area contributed by atoms with Gasteiger partial charge in [0.2, 0.25) is 0 Å². The molecule has 0 amide bonds. The molecule has 0 radical (unpaired) electrons. The quantitative estimate of drug-likeness (QED) is 0.849. The number of piperidine rings is 1. The maximum absolute atomic E-state index is 5.95. The van der Waals surface area contributed by atoms with Gasteiger partial charge in [-0.1, -0.05) is 0 Å². The Balaban J connectivity index is 2.18. The van der Waals surface area contributed by atoms with Crippen LogP contribution in [-0.4, -0.2) is 24.1 Å². The van der Waals surface area contributed by atoms with E-state index in [0.717, 1.165) is 36.2 Å². The standard InChI is InChI=1S/C11H16BrN3/c1-8-5-11(14-6-10(8)12)15-4-2-3-9(13)7-15/h5-6,9H,2-4,7,13H2,1H3/t9-/m1/s1. The maximum atomic E-state index is 5.95. The molecule has 0 spiro atoms. The topological polar surface area (TPSA) is 42.1 Å². The maximum Gasteiger partial charge on any atom is 0.128 e. The summed E-state index contributed by atoms with van der Waals surface area (Å²) in [5, 5.41) is 0. The normalized spacial score (nSPS) is 21.8. The highest BCUT2D eigenvalue weighted by atomic mass is 79.9. The van der Waals surface area contributed by atoms with Crippen LogP contribution in [0, 0.1) is 6.92 Å². The summed E-state index contributed by atoms with van der Waals surface area (Å²) in [6.45, 7) is 4.08. The number of pyridine rings is 1. The summed E-state index contributed by atoms with van der Waals surface area (Å²) in [5.41, 5.74) is 7.17. The Morgan fingerprint density at radius 2 is 2.40 bits per heavy atom. The second-order valence-corrected chi connectivity index (χ2v) is 4.99. The molecule has 15 heavy (non-hydrogen) atoms. The lowest BCUT2D eigenvalue weighted by atomic mass is 10.1. The van der Waals surface area contributed by atoms with Crippen LogP contribution in [0.3, 0.4) is 0 Å². The summed E-state index contributed by atoms with van der Waals surface area (Å²) in [5.74, 6) is 1.05. The zero-order valence-corrected chi connectivity index (χ0v) is 10.5. The Kier molecular flexibility index (Phi) is 3.26. The predicted octanol–water partition coefficient (Wildman–Crippen LogP) is 2.08. The van der Waals surface area contributed by atoms with Crippen molar-refractivity contribution in [2.45, 2.75) is 25.8 Å². The highest BCUT2D eigenvalue weighted by Gasteiger charge is 2.17. The van der Waals surface area contributed by atoms with Gasteiger partial charge in [0.25, 0.3) is 0 Å². The van der Waals surface area contributed by atoms with Gasteiger partial charge in [0.1, 0.15) is 5.82 Å². The van der Waals surface area contributed by atoms with Gasteiger partial charge in [-0.05, 0) is 47.3 Å². The minimum absolute atomic E-state index is 0.296. The van der Waals surface area contributed by atoms with Crippen molar-refractivity contribution in [1.82, 2.24) is 4.98 Å². The summed E-state index contributed by atoms with van der Waals surface area (Å²) in [4.78, 5) is 6.69. The molecule has 1 aliphatic rings. The Morgan fingerprint density at radius 3 is 3.07 bits per heavy atom. The zero-order chi connectivity index (χ0) is 10.8. The lowest BCUT2D eigenvalue weighted by molar-refractivity contribution is 0.503. The van der Waals surface area contributed by atoms with E-state index in [0.29, 0.717) is 6.04 Å². The third-order valence-electron chi connectivity index (χ3n) is 2.81. The number of aryl methyl sites for hydroxylation is 1. The molecule has 0 aromatic carbocycles. The van der Waals surface area contributed by atoms with Gasteiger partial charge in [-0.3, -0.25) is 0 Å². The first-order valence-electron chi connectivity index (χ1n) is 5.29. The largest absolute Gasteiger partial charge is 0.355 e. The molecule has 2 heterocycles. The summed E-state index contributed by atoms with van der Waals surface area (Å²) in [7, 11) is 0. The average molecular weight is 270 g/mol. The molecule has 4 heteroatoms. The number of halogens is 1. The Morgan fingerprint density at radius 1 is 1.60 bits per heavy atom. The molecule has 1 aliphatic heterocycles. The summed E-state index contributed by atoms with van der Waals surface area (Å²) < 4.78 is 1.06. The van der Waals surface area contributed by atoms with Crippen LogP contribution < -0.4 is 10.6 Å². The van der Waals surface area contributed by atoms with Gasteiger partial charge in [0.05, 0.1) is 0 Å². The van der Waals surface area contributed by atoms with Crippen LogP contribution >= 0.6 is 15.9 Å². The number of nitrogens with two attached hydrogens (primary N) is 1. The number of rotatable bonds is 1. The summed E-state index contributed by atoms with van der Waals surface area (Å²) in [6, 6.07) is 2.41. The van der Waals surface area contributed by atoms with E-state index in [1.807, 2.05) is 6.20 Å². The van der Waals surface area contributed by atoms with Crippen molar-refractivity contribution in [1.29, 1.82) is 0 Å². The number of hydrogen-bond donors (Lipinski definition) is 1. The lowest BCUT2D eigenvalue weighted by Crippen LogP contribution is -2.43. The van der Waals surface area contributed by atoms with Crippen molar-refractivity contribution in [3.8, 4) is 0 Å². The van der Waals surface area contributed by atoms with E-state index in [1.54, 1.807) is 0 Å². The summed E-state index contributed by atoms with van der Waals surface area (Å²) in [6.07, 6.45) is 4.16. The first-order chi connectivity index (χ1) is 7.16. The van der Waals surface area contributed by atoms with E-state index >= 15 is 0 Å². The van der Waals surface area contributed by atoms with Gasteiger partial charge in [-0.25, -0.2) is 4.98 Å². The van der Waals surface area contributed by atoms with Crippen LogP contribution in [0.4, 0.5) is 5.82 Å². The first-order valence-corrected chi connectivity index (χ1v) is 6.09. The smallest absolute Gasteiger partial charge is 0.128 e. The third kappa shape index (κ3) is 2.49. The molecule has 1 aromatic heterocycles. The van der Waals surface area contributed by atoms with Crippen LogP contribution in [0.1, 0.15) is 18.4 Å². The molecular formula is C11H16BrN3. The van der Waals surface area contributed by atoms with Crippen molar-refractivity contribution in [3.63, 3.8) is 0 Å². The van der Waals surface area contributed by atoms with Crippen LogP contribution in [0.5, 0.6) is 0 Å². The lowest BCUT2D eigenvalue weighted by Gasteiger charge is -2.31. The number of anilines is 1. The van der Waals surface area contributed by atoms with E-state index in [9.17, 15) is 0 Å². The molecule has 0 bridgehead atoms. The monoisotopic (exact) mass is 269 g/mol. The van der Waals surface area contributed by atoms with Gasteiger partial charge < -0.3 is 10.6 Å². The van der Waals surface area contributed by atoms with Gasteiger partial charge in [-0.15, -0.1) is 0 Å². The van der Waals surface area contributed by atoms with Crippen molar-refractivity contribution in [3.05, 3.63) is 22.3 Å². The molecule has 1 aromatic rings. The Bertz CT molecular complexity index is 354. The average Bonchev–Trinajstić information content (AvgIpc) is 2.22. The van der Waals surface area contributed by atoms with E-state index in [-0.39, 0.29) is 0 Å². The Labute approximate surface area is 98.8 Å². The minimum Gasteiger partial charge on any atom is -0.355 e. The van der Waals surface area contributed by atoms with Crippen molar-refractivity contribution < 1.29 is 0 Å². The van der Waals surface area contributed by atoms with Gasteiger partial charge in [0.15, 0.2) is 0 Å². The number of hydrogen-bond acceptors (Lipinski definition) is 3. The fourth-order valence-corrected chi connectivity index (χ4v) is 2.13. The highest BCUT2D eigenvalue weighted by Crippen LogP contribution is 2.22. The van der Waals surface area contributed by atoms with Gasteiger partial charge in [-0.2, -0.15) is 0 Å². The fraction of sp³-hybridized carbons (Fsp3) is 0.545. The van der Waals surface area contributed by atoms with Gasteiger partial charge in [0, 0.05) is 29.8 Å². The van der Waals surface area contributed by atoms with E-state index < -0.39 is 0 Å². The van der Waals surface area contributed by atoms with Crippen molar-refractivity contribution >= 4 is 21.7 Å². The molecule has 82 valence electrons. The summed E-state index contributed by atoms with van der Waals surface area (Å²) >= 11 is 3.46. The molecule has 0 unspecified atom stereocenters. The van der Waals surface area contributed by atoms with Crippen molar-refractivity contribution in [2.75, 3.05) is 18.0 Å². The first kappa shape index (κ1) is 10.9. The third-order valence-corrected chi connectivity index (χ3v) is 3.64. The molecule has 1 saturated heterocycles. The van der Waals surface area contributed by atoms with Crippen LogP contribution in [0.2, 0.25) is 0 Å². The van der Waals surface area contributed by atoms with Gasteiger partial charge >= 0.3 is 0 Å². The second-order valence-electron chi connectivity index (χ2n) is 4.14. The molecular weight excluding hydrogens is 254 g/mol. The predicted molar refractivity (Wildman–Crippen MR) is 66.1 cm³/mol. The van der Waals surface area contributed by atoms with Crippen LogP contribution in [0.25, 0.3) is 0 Å². The van der Waals surface area contributed by atoms with E-state index in [2.05, 4.69) is 38.8 Å². The fourth-order valence-electron chi connectivity index (χ4n) is 1.92. The minimum atomic E-state index is 0.296. The molecule has 0 saturated carbocycles. The molecule has 2 N–H and O–H groups in total. The zero-order valence-electron chi connectivity index (χ0n) is 8.91. The molecule has 1 fully saturated rings. The van der Waals surface area contributed by atoms with E-state index in [1.165, 1.54) is 5.56 Å². The van der Waals surface area contributed by atoms with E-state index in [4.69, 9.17) is 5.73 Å². The highest BCUT2D eigenvalue weighted by molar-refractivity contribution is 9.10. The SMILES string of the molecule is Cc1cc(N2CCC[C@@H](N)C2)ncc1Br. The molecule has 2 rings (SSSR count). The van der Waals surface area contributed by atoms with Crippen molar-refractivity contribution in [2.24, 2.45) is 5.73 Å². The molecule has 0 aliphatic carbocycles. The molecule has 1 atom stereocenters.